The van der Waals surface area contributed by atoms with Gasteiger partial charge in [-0.15, -0.1) is 0 Å². The second kappa shape index (κ2) is 5.20. The van der Waals surface area contributed by atoms with E-state index in [1.807, 2.05) is 0 Å². The lowest BCUT2D eigenvalue weighted by atomic mass is 9.88. The van der Waals surface area contributed by atoms with E-state index in [1.54, 1.807) is 11.1 Å². The number of hydrogen-bond donors (Lipinski definition) is 0. The molecule has 22 heavy (non-hydrogen) atoms. The number of rotatable bonds is 3. The van der Waals surface area contributed by atoms with Gasteiger partial charge in [-0.05, 0) is 81.0 Å². The number of allylic oxidation sites excluding steroid dienone is 1. The van der Waals surface area contributed by atoms with Gasteiger partial charge in [0.15, 0.2) is 0 Å². The van der Waals surface area contributed by atoms with Crippen molar-refractivity contribution in [1.29, 1.82) is 0 Å². The van der Waals surface area contributed by atoms with Crippen molar-refractivity contribution in [3.8, 4) is 0 Å². The highest BCUT2D eigenvalue weighted by atomic mass is 15.1. The highest BCUT2D eigenvalue weighted by Gasteiger charge is 2.40. The summed E-state index contributed by atoms with van der Waals surface area (Å²) in [6.45, 7) is 3.30. The Hall–Kier alpha value is -1.67. The molecule has 1 saturated carbocycles. The first-order chi connectivity index (χ1) is 10.6. The lowest BCUT2D eigenvalue weighted by molar-refractivity contribution is 0.423. The predicted octanol–water partition coefficient (Wildman–Crippen LogP) is 4.29. The van der Waals surface area contributed by atoms with Crippen molar-refractivity contribution in [2.45, 2.75) is 26.2 Å². The van der Waals surface area contributed by atoms with Crippen LogP contribution < -0.4 is 0 Å². The Morgan fingerprint density at radius 3 is 2.73 bits per heavy atom. The van der Waals surface area contributed by atoms with Crippen molar-refractivity contribution >= 4 is 16.5 Å². The number of likely N-dealkylation sites (N-methyl/N-ethyl adjacent to an activating group) is 1. The van der Waals surface area contributed by atoms with E-state index in [9.17, 15) is 0 Å². The second-order valence-corrected chi connectivity index (χ2v) is 7.23. The fraction of sp³-hybridized carbons (Fsp3) is 0.450. The van der Waals surface area contributed by atoms with Crippen LogP contribution in [0.2, 0.25) is 0 Å². The van der Waals surface area contributed by atoms with Gasteiger partial charge in [0.2, 0.25) is 0 Å². The molecule has 0 spiro atoms. The number of fused-ring (bicyclic) bond motifs is 3. The van der Waals surface area contributed by atoms with Gasteiger partial charge in [-0.1, -0.05) is 18.2 Å². The summed E-state index contributed by atoms with van der Waals surface area (Å²) in [5.41, 5.74) is 6.94. The summed E-state index contributed by atoms with van der Waals surface area (Å²) in [5.74, 6) is 1.55. The maximum absolute atomic E-state index is 5.02. The van der Waals surface area contributed by atoms with Crippen LogP contribution in [0.3, 0.4) is 0 Å². The number of aromatic nitrogens is 1. The molecule has 0 aliphatic heterocycles. The van der Waals surface area contributed by atoms with Gasteiger partial charge in [0.05, 0.1) is 11.2 Å². The Bertz CT molecular complexity index is 757. The molecule has 1 aromatic carbocycles. The van der Waals surface area contributed by atoms with E-state index < -0.39 is 0 Å². The topological polar surface area (TPSA) is 16.1 Å². The van der Waals surface area contributed by atoms with Crippen molar-refractivity contribution in [3.05, 3.63) is 47.2 Å². The van der Waals surface area contributed by atoms with Gasteiger partial charge >= 0.3 is 0 Å². The normalized spacial score (nSPS) is 24.0. The predicted molar refractivity (Wildman–Crippen MR) is 92.8 cm³/mol. The van der Waals surface area contributed by atoms with E-state index in [1.165, 1.54) is 35.9 Å². The average Bonchev–Trinajstić information content (AvgIpc) is 3.08. The van der Waals surface area contributed by atoms with Crippen molar-refractivity contribution in [1.82, 2.24) is 9.88 Å². The third-order valence-corrected chi connectivity index (χ3v) is 5.37. The average molecular weight is 292 g/mol. The molecule has 2 unspecified atom stereocenters. The Kier molecular flexibility index (Phi) is 3.30. The van der Waals surface area contributed by atoms with Gasteiger partial charge in [-0.2, -0.15) is 0 Å². The van der Waals surface area contributed by atoms with Crippen molar-refractivity contribution in [2.75, 3.05) is 20.6 Å². The van der Waals surface area contributed by atoms with Gasteiger partial charge in [0.1, 0.15) is 0 Å². The third-order valence-electron chi connectivity index (χ3n) is 5.37. The first-order valence-electron chi connectivity index (χ1n) is 8.38. The number of pyridine rings is 1. The minimum Gasteiger partial charge on any atom is -0.305 e. The van der Waals surface area contributed by atoms with Crippen LogP contribution in [0, 0.1) is 18.8 Å². The number of nitrogens with zero attached hydrogens (tertiary/aromatic N) is 2. The summed E-state index contributed by atoms with van der Waals surface area (Å²) in [7, 11) is 4.35. The van der Waals surface area contributed by atoms with Crippen LogP contribution >= 0.6 is 0 Å². The minimum atomic E-state index is 0.744. The lowest BCUT2D eigenvalue weighted by Gasteiger charge is -2.23. The summed E-state index contributed by atoms with van der Waals surface area (Å²) in [6.07, 6.45) is 4.08. The van der Waals surface area contributed by atoms with Gasteiger partial charge < -0.3 is 4.90 Å². The Morgan fingerprint density at radius 2 is 1.91 bits per heavy atom. The molecule has 0 radical (unpaired) electrons. The molecule has 2 heteroatoms. The highest BCUT2D eigenvalue weighted by molar-refractivity contribution is 5.85. The number of benzene rings is 1. The fourth-order valence-corrected chi connectivity index (χ4v) is 4.46. The summed E-state index contributed by atoms with van der Waals surface area (Å²) >= 11 is 0. The first-order valence-corrected chi connectivity index (χ1v) is 8.38. The number of aryl methyl sites for hydroxylation is 1. The van der Waals surface area contributed by atoms with E-state index in [0.29, 0.717) is 0 Å². The summed E-state index contributed by atoms with van der Waals surface area (Å²) in [5, 5.41) is 1.28. The fourth-order valence-electron chi connectivity index (χ4n) is 4.46. The van der Waals surface area contributed by atoms with E-state index in [-0.39, 0.29) is 0 Å². The number of para-hydroxylation sites is 1. The van der Waals surface area contributed by atoms with Gasteiger partial charge in [0.25, 0.3) is 0 Å². The Morgan fingerprint density at radius 1 is 1.14 bits per heavy atom. The van der Waals surface area contributed by atoms with Gasteiger partial charge in [-0.3, -0.25) is 0 Å². The molecule has 114 valence electrons. The molecule has 1 aromatic heterocycles. The van der Waals surface area contributed by atoms with E-state index >= 15 is 0 Å². The summed E-state index contributed by atoms with van der Waals surface area (Å²) < 4.78 is 0. The molecule has 2 atom stereocenters. The summed E-state index contributed by atoms with van der Waals surface area (Å²) in [4.78, 5) is 7.33. The van der Waals surface area contributed by atoms with Crippen LogP contribution in [0.5, 0.6) is 0 Å². The number of hydrogen-bond acceptors (Lipinski definition) is 2. The zero-order valence-corrected chi connectivity index (χ0v) is 13.8. The lowest BCUT2D eigenvalue weighted by Crippen LogP contribution is -2.19. The largest absolute Gasteiger partial charge is 0.305 e. The Balaban J connectivity index is 1.87. The zero-order valence-electron chi connectivity index (χ0n) is 13.8. The quantitative estimate of drug-likeness (QED) is 0.839. The van der Waals surface area contributed by atoms with Crippen molar-refractivity contribution in [2.24, 2.45) is 11.8 Å². The first kappa shape index (κ1) is 14.0. The van der Waals surface area contributed by atoms with E-state index in [2.05, 4.69) is 56.3 Å². The SMILES string of the molecule is Cc1cc(C2=C(CN(C)C)C3CCC2C3)nc2ccccc12. The molecule has 2 aliphatic rings. The molecule has 2 aliphatic carbocycles. The van der Waals surface area contributed by atoms with Crippen LogP contribution in [-0.4, -0.2) is 30.5 Å². The van der Waals surface area contributed by atoms with Crippen molar-refractivity contribution < 1.29 is 0 Å². The molecular formula is C20H24N2. The molecule has 1 fully saturated rings. The molecular weight excluding hydrogens is 268 g/mol. The summed E-state index contributed by atoms with van der Waals surface area (Å²) in [6, 6.07) is 10.8. The monoisotopic (exact) mass is 292 g/mol. The molecule has 2 aromatic rings. The molecule has 1 heterocycles. The van der Waals surface area contributed by atoms with Crippen LogP contribution in [0.25, 0.3) is 16.5 Å². The van der Waals surface area contributed by atoms with Crippen LogP contribution in [-0.2, 0) is 0 Å². The van der Waals surface area contributed by atoms with Gasteiger partial charge in [-0.25, -0.2) is 4.98 Å². The molecule has 0 N–H and O–H groups in total. The standard InChI is InChI=1S/C20H24N2/c1-13-10-19(21-18-7-5-4-6-16(13)18)20-15-9-8-14(11-15)17(20)12-22(2)3/h4-7,10,14-15H,8-9,11-12H2,1-3H3. The molecule has 2 bridgehead atoms. The van der Waals surface area contributed by atoms with Gasteiger partial charge in [0, 0.05) is 11.9 Å². The molecule has 0 saturated heterocycles. The van der Waals surface area contributed by atoms with E-state index in [4.69, 9.17) is 4.98 Å². The molecule has 2 nitrogen and oxygen atoms in total. The molecule has 4 rings (SSSR count). The van der Waals surface area contributed by atoms with Crippen LogP contribution in [0.15, 0.2) is 35.9 Å². The minimum absolute atomic E-state index is 0.744. The Labute approximate surface area is 132 Å². The highest BCUT2D eigenvalue weighted by Crippen LogP contribution is 2.52. The maximum Gasteiger partial charge on any atom is 0.0712 e. The second-order valence-electron chi connectivity index (χ2n) is 7.23. The van der Waals surface area contributed by atoms with Crippen LogP contribution in [0.4, 0.5) is 0 Å². The maximum atomic E-state index is 5.02. The smallest absolute Gasteiger partial charge is 0.0712 e. The van der Waals surface area contributed by atoms with Crippen LogP contribution in [0.1, 0.15) is 30.5 Å². The zero-order chi connectivity index (χ0) is 15.3. The van der Waals surface area contributed by atoms with E-state index in [0.717, 1.165) is 23.9 Å². The third kappa shape index (κ3) is 2.17. The molecule has 0 amide bonds. The van der Waals surface area contributed by atoms with Crippen molar-refractivity contribution in [3.63, 3.8) is 0 Å².